The molecule has 0 spiro atoms. The van der Waals surface area contributed by atoms with Gasteiger partial charge in [0.25, 0.3) is 0 Å². The van der Waals surface area contributed by atoms with Crippen molar-refractivity contribution in [1.29, 1.82) is 0 Å². The molecule has 2 atom stereocenters. The van der Waals surface area contributed by atoms with Gasteiger partial charge in [0.05, 0.1) is 11.0 Å². The molecule has 3 nitrogen and oxygen atoms in total. The van der Waals surface area contributed by atoms with Crippen molar-refractivity contribution in [3.8, 4) is 0 Å². The zero-order valence-electron chi connectivity index (χ0n) is 17.3. The van der Waals surface area contributed by atoms with Crippen molar-refractivity contribution in [1.82, 2.24) is 14.5 Å². The number of rotatable bonds is 3. The van der Waals surface area contributed by atoms with E-state index < -0.39 is 0 Å². The summed E-state index contributed by atoms with van der Waals surface area (Å²) in [5.74, 6) is 0. The Morgan fingerprint density at radius 3 is 2.07 bits per heavy atom. The molecule has 0 amide bonds. The van der Waals surface area contributed by atoms with Crippen LogP contribution in [-0.2, 0) is 6.54 Å². The minimum Gasteiger partial charge on any atom is -0.336 e. The Kier molecular flexibility index (Phi) is 3.21. The Balaban J connectivity index is 1.90. The van der Waals surface area contributed by atoms with Gasteiger partial charge < -0.3 is 14.5 Å². The van der Waals surface area contributed by atoms with Crippen LogP contribution in [0.25, 0.3) is 49.7 Å². The summed E-state index contributed by atoms with van der Waals surface area (Å²) in [7, 11) is 2.05. The summed E-state index contributed by atoms with van der Waals surface area (Å²) in [5.41, 5.74) is 8.29. The van der Waals surface area contributed by atoms with Crippen LogP contribution in [0, 0.1) is 0 Å². The fraction of sp³-hybridized carbons (Fsp3) is 0.259. The maximum atomic E-state index is 4.28. The van der Waals surface area contributed by atoms with Crippen LogP contribution in [0.4, 0.5) is 0 Å². The van der Waals surface area contributed by atoms with E-state index in [1.807, 2.05) is 7.05 Å². The maximum Gasteiger partial charge on any atom is 0.0748 e. The Labute approximate surface area is 175 Å². The molecule has 7 rings (SSSR count). The molecule has 1 N–H and O–H groups in total. The third kappa shape index (κ3) is 1.81. The predicted octanol–water partition coefficient (Wildman–Crippen LogP) is 6.54. The summed E-state index contributed by atoms with van der Waals surface area (Å²) in [5, 5.41) is 8.99. The zero-order valence-corrected chi connectivity index (χ0v) is 17.3. The number of nitrogens with zero attached hydrogens (tertiary/aromatic N) is 2. The number of hydrogen-bond acceptors (Lipinski definition) is 1. The lowest BCUT2D eigenvalue weighted by Crippen LogP contribution is -2.09. The number of hydrogen-bond donors (Lipinski definition) is 1. The SMILES string of the molecule is C=Cc1c(CNC)c2c3ccccc3n3c2c2c1c1ccccc1n2C1CCC3C1. The molecule has 0 radical (unpaired) electrons. The fourth-order valence-electron chi connectivity index (χ4n) is 6.60. The van der Waals surface area contributed by atoms with Gasteiger partial charge in [-0.15, -0.1) is 0 Å². The number of nitrogens with one attached hydrogen (secondary N) is 1. The zero-order chi connectivity index (χ0) is 20.0. The van der Waals surface area contributed by atoms with Crippen molar-refractivity contribution in [3.05, 3.63) is 66.2 Å². The van der Waals surface area contributed by atoms with Gasteiger partial charge in [-0.2, -0.15) is 0 Å². The molecule has 1 saturated carbocycles. The van der Waals surface area contributed by atoms with Gasteiger partial charge in [0.1, 0.15) is 0 Å². The van der Waals surface area contributed by atoms with E-state index in [0.717, 1.165) is 6.54 Å². The summed E-state index contributed by atoms with van der Waals surface area (Å²) in [6.45, 7) is 5.12. The highest BCUT2D eigenvalue weighted by atomic mass is 15.1. The molecule has 3 aromatic carbocycles. The van der Waals surface area contributed by atoms with Crippen LogP contribution in [-0.4, -0.2) is 16.2 Å². The van der Waals surface area contributed by atoms with E-state index in [0.29, 0.717) is 12.1 Å². The van der Waals surface area contributed by atoms with E-state index in [2.05, 4.69) is 75.6 Å². The first-order valence-electron chi connectivity index (χ1n) is 11.1. The molecule has 3 heteroatoms. The highest BCUT2D eigenvalue weighted by Gasteiger charge is 2.37. The highest BCUT2D eigenvalue weighted by Crippen LogP contribution is 2.53. The lowest BCUT2D eigenvalue weighted by atomic mass is 9.95. The molecule has 30 heavy (non-hydrogen) atoms. The van der Waals surface area contributed by atoms with Crippen LogP contribution in [0.3, 0.4) is 0 Å². The minimum atomic E-state index is 0.576. The smallest absolute Gasteiger partial charge is 0.0748 e. The molecule has 1 aliphatic carbocycles. The largest absolute Gasteiger partial charge is 0.336 e. The third-order valence-electron chi connectivity index (χ3n) is 7.61. The van der Waals surface area contributed by atoms with Crippen molar-refractivity contribution in [2.24, 2.45) is 0 Å². The van der Waals surface area contributed by atoms with Crippen molar-refractivity contribution >= 4 is 49.7 Å². The molecule has 2 bridgehead atoms. The summed E-state index contributed by atoms with van der Waals surface area (Å²) in [6.07, 6.45) is 5.83. The van der Waals surface area contributed by atoms with E-state index in [1.165, 1.54) is 74.0 Å². The highest BCUT2D eigenvalue weighted by molar-refractivity contribution is 6.26. The molecule has 3 heterocycles. The second-order valence-corrected chi connectivity index (χ2v) is 8.97. The Morgan fingerprint density at radius 1 is 0.900 bits per heavy atom. The first-order valence-corrected chi connectivity index (χ1v) is 11.1. The number of para-hydroxylation sites is 2. The molecule has 148 valence electrons. The molecule has 0 saturated heterocycles. The van der Waals surface area contributed by atoms with Crippen molar-refractivity contribution in [3.63, 3.8) is 0 Å². The van der Waals surface area contributed by atoms with Crippen LogP contribution in [0.15, 0.2) is 55.1 Å². The second kappa shape index (κ2) is 5.77. The van der Waals surface area contributed by atoms with E-state index in [9.17, 15) is 0 Å². The topological polar surface area (TPSA) is 21.9 Å². The molecule has 2 unspecified atom stereocenters. The van der Waals surface area contributed by atoms with Crippen LogP contribution in [0.2, 0.25) is 0 Å². The molecule has 1 fully saturated rings. The van der Waals surface area contributed by atoms with Gasteiger partial charge in [0, 0.05) is 51.2 Å². The Hall–Kier alpha value is -3.04. The fourth-order valence-corrected chi connectivity index (χ4v) is 6.60. The van der Waals surface area contributed by atoms with E-state index >= 15 is 0 Å². The number of aromatic nitrogens is 2. The van der Waals surface area contributed by atoms with Gasteiger partial charge in [-0.25, -0.2) is 0 Å². The van der Waals surface area contributed by atoms with Crippen LogP contribution in [0.1, 0.15) is 42.5 Å². The summed E-state index contributed by atoms with van der Waals surface area (Å²) < 4.78 is 5.38. The minimum absolute atomic E-state index is 0.576. The van der Waals surface area contributed by atoms with Crippen LogP contribution < -0.4 is 5.32 Å². The van der Waals surface area contributed by atoms with Crippen LogP contribution >= 0.6 is 0 Å². The van der Waals surface area contributed by atoms with Gasteiger partial charge in [-0.1, -0.05) is 49.1 Å². The van der Waals surface area contributed by atoms with Gasteiger partial charge in [-0.3, -0.25) is 0 Å². The maximum absolute atomic E-state index is 4.28. The molecule has 1 aliphatic heterocycles. The number of fused-ring (bicyclic) bond motifs is 10. The predicted molar refractivity (Wildman–Crippen MR) is 127 cm³/mol. The number of benzene rings is 3. The second-order valence-electron chi connectivity index (χ2n) is 8.97. The van der Waals surface area contributed by atoms with E-state index in [4.69, 9.17) is 0 Å². The van der Waals surface area contributed by atoms with Gasteiger partial charge >= 0.3 is 0 Å². The average Bonchev–Trinajstić information content (AvgIpc) is 3.43. The summed E-state index contributed by atoms with van der Waals surface area (Å²) in [6, 6.07) is 19.2. The average molecular weight is 392 g/mol. The van der Waals surface area contributed by atoms with Crippen molar-refractivity contribution in [2.45, 2.75) is 37.9 Å². The monoisotopic (exact) mass is 391 g/mol. The standard InChI is InChI=1S/C27H25N3/c1-3-18-21(15-28-2)25-20-9-5-7-11-23(20)30-17-13-12-16(14-17)29-22-10-6-4-8-19(22)24(18)26(29)27(25)30/h3-11,16-17,28H,1,12-15H2,2H3. The van der Waals surface area contributed by atoms with Gasteiger partial charge in [0.15, 0.2) is 0 Å². The van der Waals surface area contributed by atoms with Crippen molar-refractivity contribution < 1.29 is 0 Å². The lowest BCUT2D eigenvalue weighted by molar-refractivity contribution is 0.508. The quantitative estimate of drug-likeness (QED) is 0.370. The lowest BCUT2D eigenvalue weighted by Gasteiger charge is -2.18. The van der Waals surface area contributed by atoms with Crippen molar-refractivity contribution in [2.75, 3.05) is 7.05 Å². The Bertz CT molecular complexity index is 1510. The molecular formula is C27H25N3. The molecule has 2 aromatic heterocycles. The molecular weight excluding hydrogens is 366 g/mol. The van der Waals surface area contributed by atoms with Crippen LogP contribution in [0.5, 0.6) is 0 Å². The first-order chi connectivity index (χ1) is 14.8. The van der Waals surface area contributed by atoms with E-state index in [1.54, 1.807) is 0 Å². The Morgan fingerprint density at radius 2 is 1.47 bits per heavy atom. The molecule has 2 aliphatic rings. The normalized spacial score (nSPS) is 20.2. The first kappa shape index (κ1) is 16.7. The third-order valence-corrected chi connectivity index (χ3v) is 7.61. The summed E-state index contributed by atoms with van der Waals surface area (Å²) >= 11 is 0. The summed E-state index contributed by atoms with van der Waals surface area (Å²) in [4.78, 5) is 0. The van der Waals surface area contributed by atoms with E-state index in [-0.39, 0.29) is 0 Å². The van der Waals surface area contributed by atoms with Gasteiger partial charge in [0.2, 0.25) is 0 Å². The molecule has 5 aromatic rings. The van der Waals surface area contributed by atoms with Gasteiger partial charge in [-0.05, 0) is 49.6 Å².